The van der Waals surface area contributed by atoms with Gasteiger partial charge < -0.3 is 29.0 Å². The van der Waals surface area contributed by atoms with Crippen LogP contribution in [0, 0.1) is 0 Å². The number of ether oxygens (including phenoxy) is 5. The molecule has 1 aliphatic rings. The molecule has 1 fully saturated rings. The molecule has 10 nitrogen and oxygen atoms in total. The Morgan fingerprint density at radius 3 is 2.07 bits per heavy atom. The van der Waals surface area contributed by atoms with Gasteiger partial charge in [-0.25, -0.2) is 0 Å². The van der Waals surface area contributed by atoms with Crippen LogP contribution in [-0.2, 0) is 42.9 Å². The van der Waals surface area contributed by atoms with Crippen molar-refractivity contribution >= 4 is 23.8 Å². The maximum Gasteiger partial charge on any atom is 0.471 e. The zero-order valence-corrected chi connectivity index (χ0v) is 16.4. The number of nitrogens with one attached hydrogen (secondary N) is 1. The van der Waals surface area contributed by atoms with Gasteiger partial charge >= 0.3 is 30.0 Å². The molecule has 1 heterocycles. The summed E-state index contributed by atoms with van der Waals surface area (Å²) in [5, 5.41) is 1.64. The standard InChI is InChI=1S/C17H22F3NO9/c1-5-6-26-15-12(21-16(25)17(18,19)20)14(29-10(4)24)13(28-9(3)23)11(30-15)7-27-8(2)22/h5,11-15H,1,6-7H2,2-4H3,(H,21,25). The highest BCUT2D eigenvalue weighted by Crippen LogP contribution is 2.29. The number of amides is 1. The molecular formula is C17H22F3NO9. The van der Waals surface area contributed by atoms with Crippen molar-refractivity contribution in [2.24, 2.45) is 0 Å². The van der Waals surface area contributed by atoms with Gasteiger partial charge in [0.15, 0.2) is 18.5 Å². The Balaban J connectivity index is 3.35. The Morgan fingerprint density at radius 1 is 1.03 bits per heavy atom. The van der Waals surface area contributed by atoms with Gasteiger partial charge in [-0.1, -0.05) is 6.08 Å². The van der Waals surface area contributed by atoms with Crippen LogP contribution < -0.4 is 5.32 Å². The third kappa shape index (κ3) is 7.63. The lowest BCUT2D eigenvalue weighted by Gasteiger charge is -2.44. The second-order valence-electron chi connectivity index (χ2n) is 6.11. The van der Waals surface area contributed by atoms with Crippen LogP contribution in [0.1, 0.15) is 20.8 Å². The van der Waals surface area contributed by atoms with Crippen molar-refractivity contribution in [1.29, 1.82) is 0 Å². The molecule has 0 aromatic carbocycles. The summed E-state index contributed by atoms with van der Waals surface area (Å²) in [6, 6.07) is -1.72. The molecule has 0 aliphatic carbocycles. The molecule has 0 aromatic rings. The molecule has 0 aromatic heterocycles. The Labute approximate surface area is 169 Å². The average Bonchev–Trinajstić information content (AvgIpc) is 2.60. The minimum absolute atomic E-state index is 0.214. The number of alkyl halides is 3. The summed E-state index contributed by atoms with van der Waals surface area (Å²) in [4.78, 5) is 45.8. The van der Waals surface area contributed by atoms with Gasteiger partial charge in [0.25, 0.3) is 0 Å². The molecule has 1 saturated heterocycles. The van der Waals surface area contributed by atoms with E-state index in [1.165, 1.54) is 6.08 Å². The summed E-state index contributed by atoms with van der Waals surface area (Å²) in [6.45, 7) is 5.73. The van der Waals surface area contributed by atoms with Gasteiger partial charge in [-0.15, -0.1) is 6.58 Å². The van der Waals surface area contributed by atoms with E-state index in [0.717, 1.165) is 20.8 Å². The van der Waals surface area contributed by atoms with E-state index >= 15 is 0 Å². The molecule has 0 spiro atoms. The van der Waals surface area contributed by atoms with Crippen molar-refractivity contribution in [2.45, 2.75) is 57.6 Å². The molecule has 170 valence electrons. The zero-order valence-electron chi connectivity index (χ0n) is 16.4. The van der Waals surface area contributed by atoms with Gasteiger partial charge in [0, 0.05) is 20.8 Å². The molecule has 1 rings (SSSR count). The molecule has 0 saturated carbocycles. The Bertz CT molecular complexity index is 667. The van der Waals surface area contributed by atoms with E-state index in [0.29, 0.717) is 0 Å². The minimum Gasteiger partial charge on any atom is -0.463 e. The SMILES string of the molecule is C=CCOC1OC(COC(C)=O)C(OC(C)=O)C(OC(C)=O)C1NC(=O)C(F)(F)F. The summed E-state index contributed by atoms with van der Waals surface area (Å²) in [5.74, 6) is -4.92. The smallest absolute Gasteiger partial charge is 0.463 e. The van der Waals surface area contributed by atoms with Gasteiger partial charge in [-0.3, -0.25) is 19.2 Å². The van der Waals surface area contributed by atoms with E-state index < -0.39 is 67.2 Å². The lowest BCUT2D eigenvalue weighted by molar-refractivity contribution is -0.276. The van der Waals surface area contributed by atoms with E-state index in [9.17, 15) is 32.3 Å². The van der Waals surface area contributed by atoms with Crippen molar-refractivity contribution < 1.29 is 56.0 Å². The number of esters is 3. The largest absolute Gasteiger partial charge is 0.471 e. The summed E-state index contributed by atoms with van der Waals surface area (Å²) in [7, 11) is 0. The minimum atomic E-state index is -5.27. The van der Waals surface area contributed by atoms with Crippen molar-refractivity contribution in [2.75, 3.05) is 13.2 Å². The van der Waals surface area contributed by atoms with Crippen LogP contribution in [0.5, 0.6) is 0 Å². The second kappa shape index (κ2) is 10.9. The first kappa shape index (κ1) is 25.4. The van der Waals surface area contributed by atoms with Crippen LogP contribution in [0.2, 0.25) is 0 Å². The molecular weight excluding hydrogens is 419 g/mol. The molecule has 1 N–H and O–H groups in total. The fourth-order valence-electron chi connectivity index (χ4n) is 2.59. The van der Waals surface area contributed by atoms with Gasteiger partial charge in [0.1, 0.15) is 18.8 Å². The van der Waals surface area contributed by atoms with Crippen LogP contribution in [0.4, 0.5) is 13.2 Å². The van der Waals surface area contributed by atoms with E-state index in [1.807, 2.05) is 0 Å². The van der Waals surface area contributed by atoms with E-state index in [2.05, 4.69) is 6.58 Å². The quantitative estimate of drug-likeness (QED) is 0.323. The predicted octanol–water partition coefficient (Wildman–Crippen LogP) is 0.387. The third-order valence-corrected chi connectivity index (χ3v) is 3.63. The fraction of sp³-hybridized carbons (Fsp3) is 0.647. The second-order valence-corrected chi connectivity index (χ2v) is 6.11. The number of hydrogen-bond donors (Lipinski definition) is 1. The Morgan fingerprint density at radius 2 is 1.60 bits per heavy atom. The number of rotatable bonds is 8. The fourth-order valence-corrected chi connectivity index (χ4v) is 2.59. The van der Waals surface area contributed by atoms with Crippen LogP contribution in [0.25, 0.3) is 0 Å². The van der Waals surface area contributed by atoms with Crippen molar-refractivity contribution in [3.63, 3.8) is 0 Å². The highest BCUT2D eigenvalue weighted by atomic mass is 19.4. The number of halogens is 3. The first-order valence-electron chi connectivity index (χ1n) is 8.60. The molecule has 1 amide bonds. The lowest BCUT2D eigenvalue weighted by atomic mass is 9.96. The highest BCUT2D eigenvalue weighted by molar-refractivity contribution is 5.82. The number of carbonyl (C=O) groups is 4. The molecule has 5 unspecified atom stereocenters. The van der Waals surface area contributed by atoms with Crippen LogP contribution >= 0.6 is 0 Å². The van der Waals surface area contributed by atoms with Crippen LogP contribution in [0.3, 0.4) is 0 Å². The summed E-state index contributed by atoms with van der Waals surface area (Å²) in [5.41, 5.74) is 0. The molecule has 1 aliphatic heterocycles. The first-order valence-corrected chi connectivity index (χ1v) is 8.60. The summed E-state index contributed by atoms with van der Waals surface area (Å²) < 4.78 is 64.1. The predicted molar refractivity (Wildman–Crippen MR) is 90.5 cm³/mol. The van der Waals surface area contributed by atoms with Crippen molar-refractivity contribution in [3.8, 4) is 0 Å². The van der Waals surface area contributed by atoms with Crippen molar-refractivity contribution in [1.82, 2.24) is 5.32 Å². The first-order chi connectivity index (χ1) is 13.9. The molecule has 5 atom stereocenters. The average molecular weight is 441 g/mol. The Hall–Kier alpha value is -2.67. The number of carbonyl (C=O) groups excluding carboxylic acids is 4. The summed E-state index contributed by atoms with van der Waals surface area (Å²) in [6.07, 6.45) is -10.1. The molecule has 0 bridgehead atoms. The van der Waals surface area contributed by atoms with Crippen molar-refractivity contribution in [3.05, 3.63) is 12.7 Å². The van der Waals surface area contributed by atoms with Gasteiger partial charge in [-0.2, -0.15) is 13.2 Å². The zero-order chi connectivity index (χ0) is 23.1. The molecule has 30 heavy (non-hydrogen) atoms. The van der Waals surface area contributed by atoms with Gasteiger partial charge in [-0.05, 0) is 0 Å². The van der Waals surface area contributed by atoms with Gasteiger partial charge in [0.2, 0.25) is 0 Å². The monoisotopic (exact) mass is 441 g/mol. The van der Waals surface area contributed by atoms with E-state index in [4.69, 9.17) is 23.7 Å². The lowest BCUT2D eigenvalue weighted by Crippen LogP contribution is -2.67. The van der Waals surface area contributed by atoms with E-state index in [-0.39, 0.29) is 6.61 Å². The topological polar surface area (TPSA) is 126 Å². The van der Waals surface area contributed by atoms with E-state index in [1.54, 1.807) is 5.32 Å². The normalized spacial score (nSPS) is 26.3. The molecule has 13 heteroatoms. The maximum atomic E-state index is 12.8. The van der Waals surface area contributed by atoms with Gasteiger partial charge in [0.05, 0.1) is 6.61 Å². The third-order valence-electron chi connectivity index (χ3n) is 3.63. The highest BCUT2D eigenvalue weighted by Gasteiger charge is 2.53. The number of hydrogen-bond acceptors (Lipinski definition) is 9. The summed E-state index contributed by atoms with van der Waals surface area (Å²) >= 11 is 0. The Kier molecular flexibility index (Phi) is 9.23. The van der Waals surface area contributed by atoms with Crippen LogP contribution in [0.15, 0.2) is 12.7 Å². The van der Waals surface area contributed by atoms with Crippen LogP contribution in [-0.4, -0.2) is 73.8 Å². The molecule has 0 radical (unpaired) electrons. The maximum absolute atomic E-state index is 12.8.